The Bertz CT molecular complexity index is 821. The number of amides is 1. The number of hydrogen-bond acceptors (Lipinski definition) is 3. The molecule has 0 unspecified atom stereocenters. The summed E-state index contributed by atoms with van der Waals surface area (Å²) in [6, 6.07) is 9.65. The van der Waals surface area contributed by atoms with Crippen LogP contribution in [0.2, 0.25) is 5.02 Å². The number of carbonyl (C=O) groups is 1. The Hall–Kier alpha value is -2.02. The van der Waals surface area contributed by atoms with Gasteiger partial charge in [0.25, 0.3) is 5.91 Å². The highest BCUT2D eigenvalue weighted by Gasteiger charge is 2.16. The lowest BCUT2D eigenvalue weighted by atomic mass is 10.1. The molecule has 0 aromatic heterocycles. The van der Waals surface area contributed by atoms with E-state index in [4.69, 9.17) is 11.6 Å². The number of likely N-dealkylation sites (N-methyl/N-ethyl adjacent to an activating group) is 1. The third-order valence-electron chi connectivity index (χ3n) is 5.05. The number of rotatable bonds is 6. The molecule has 28 heavy (non-hydrogen) atoms. The number of nitrogens with one attached hydrogen (secondary N) is 1. The summed E-state index contributed by atoms with van der Waals surface area (Å²) in [5.74, 6) is -2.71. The largest absolute Gasteiger partial charge is 0.348 e. The number of nitrogens with zero attached hydrogens (tertiary/aromatic N) is 2. The van der Waals surface area contributed by atoms with Crippen LogP contribution in [0.25, 0.3) is 0 Å². The highest BCUT2D eigenvalue weighted by atomic mass is 35.5. The summed E-state index contributed by atoms with van der Waals surface area (Å²) in [6.45, 7) is 8.83. The molecule has 0 atom stereocenters. The van der Waals surface area contributed by atoms with E-state index in [9.17, 15) is 13.6 Å². The molecule has 1 heterocycles. The van der Waals surface area contributed by atoms with Crippen molar-refractivity contribution >= 4 is 17.5 Å². The fourth-order valence-electron chi connectivity index (χ4n) is 3.26. The SMILES string of the molecule is CCN1CCN(Cc2ccc(CNC(=O)c3cc(F)c(F)cc3Cl)cc2)CC1. The summed E-state index contributed by atoms with van der Waals surface area (Å²) < 4.78 is 26.5. The van der Waals surface area contributed by atoms with Gasteiger partial charge in [-0.3, -0.25) is 9.69 Å². The van der Waals surface area contributed by atoms with Crippen LogP contribution in [0.15, 0.2) is 36.4 Å². The van der Waals surface area contributed by atoms with Gasteiger partial charge in [-0.1, -0.05) is 42.8 Å². The zero-order valence-electron chi connectivity index (χ0n) is 15.9. The molecule has 1 aliphatic rings. The molecule has 7 heteroatoms. The zero-order chi connectivity index (χ0) is 20.1. The van der Waals surface area contributed by atoms with E-state index in [1.165, 1.54) is 5.56 Å². The van der Waals surface area contributed by atoms with E-state index in [0.29, 0.717) is 0 Å². The van der Waals surface area contributed by atoms with Crippen LogP contribution < -0.4 is 5.32 Å². The molecule has 2 aromatic rings. The summed E-state index contributed by atoms with van der Waals surface area (Å²) in [5.41, 5.74) is 2.07. The predicted octanol–water partition coefficient (Wildman–Crippen LogP) is 3.69. The lowest BCUT2D eigenvalue weighted by Gasteiger charge is -2.34. The van der Waals surface area contributed by atoms with Crippen molar-refractivity contribution in [2.75, 3.05) is 32.7 Å². The van der Waals surface area contributed by atoms with Gasteiger partial charge in [-0.2, -0.15) is 0 Å². The van der Waals surface area contributed by atoms with Gasteiger partial charge in [-0.05, 0) is 29.8 Å². The minimum atomic E-state index is -1.10. The average molecular weight is 408 g/mol. The Balaban J connectivity index is 1.52. The summed E-state index contributed by atoms with van der Waals surface area (Å²) in [5, 5.41) is 2.57. The molecule has 1 aliphatic heterocycles. The van der Waals surface area contributed by atoms with Crippen LogP contribution in [0, 0.1) is 11.6 Å². The maximum atomic E-state index is 13.3. The number of piperazine rings is 1. The quantitative estimate of drug-likeness (QED) is 0.742. The molecule has 3 rings (SSSR count). The summed E-state index contributed by atoms with van der Waals surface area (Å²) >= 11 is 5.83. The smallest absolute Gasteiger partial charge is 0.253 e. The van der Waals surface area contributed by atoms with E-state index in [2.05, 4.69) is 34.2 Å². The summed E-state index contributed by atoms with van der Waals surface area (Å²) in [4.78, 5) is 17.1. The minimum Gasteiger partial charge on any atom is -0.348 e. The van der Waals surface area contributed by atoms with E-state index < -0.39 is 17.5 Å². The molecule has 1 amide bonds. The number of benzene rings is 2. The molecule has 0 saturated carbocycles. The van der Waals surface area contributed by atoms with Gasteiger partial charge in [-0.25, -0.2) is 8.78 Å². The maximum absolute atomic E-state index is 13.3. The Labute approximate surface area is 169 Å². The first kappa shape index (κ1) is 20.7. The third-order valence-corrected chi connectivity index (χ3v) is 5.36. The van der Waals surface area contributed by atoms with Gasteiger partial charge < -0.3 is 10.2 Å². The lowest BCUT2D eigenvalue weighted by Crippen LogP contribution is -2.45. The maximum Gasteiger partial charge on any atom is 0.253 e. The van der Waals surface area contributed by atoms with Crippen molar-refractivity contribution in [2.24, 2.45) is 0 Å². The van der Waals surface area contributed by atoms with E-state index in [1.54, 1.807) is 0 Å². The summed E-state index contributed by atoms with van der Waals surface area (Å²) in [6.07, 6.45) is 0. The van der Waals surface area contributed by atoms with Crippen molar-refractivity contribution in [1.29, 1.82) is 0 Å². The molecule has 0 aliphatic carbocycles. The van der Waals surface area contributed by atoms with Gasteiger partial charge >= 0.3 is 0 Å². The second-order valence-corrected chi connectivity index (χ2v) is 7.36. The Morgan fingerprint density at radius 3 is 2.21 bits per heavy atom. The molecule has 0 bridgehead atoms. The van der Waals surface area contributed by atoms with Crippen molar-refractivity contribution in [3.05, 3.63) is 69.7 Å². The molecular weight excluding hydrogens is 384 g/mol. The van der Waals surface area contributed by atoms with E-state index in [0.717, 1.165) is 57.0 Å². The predicted molar refractivity (Wildman–Crippen MR) is 106 cm³/mol. The second-order valence-electron chi connectivity index (χ2n) is 6.96. The molecule has 1 saturated heterocycles. The first-order valence-corrected chi connectivity index (χ1v) is 9.79. The first-order valence-electron chi connectivity index (χ1n) is 9.41. The zero-order valence-corrected chi connectivity index (χ0v) is 16.6. The number of carbonyl (C=O) groups excluding carboxylic acids is 1. The summed E-state index contributed by atoms with van der Waals surface area (Å²) in [7, 11) is 0. The molecule has 1 fully saturated rings. The van der Waals surface area contributed by atoms with E-state index in [-0.39, 0.29) is 17.1 Å². The molecule has 1 N–H and O–H groups in total. The van der Waals surface area contributed by atoms with Crippen molar-refractivity contribution in [2.45, 2.75) is 20.0 Å². The molecule has 4 nitrogen and oxygen atoms in total. The van der Waals surface area contributed by atoms with Crippen LogP contribution in [0.1, 0.15) is 28.4 Å². The van der Waals surface area contributed by atoms with Gasteiger partial charge in [0.15, 0.2) is 11.6 Å². The van der Waals surface area contributed by atoms with Crippen molar-refractivity contribution in [1.82, 2.24) is 15.1 Å². The standard InChI is InChI=1S/C21H24ClF2N3O/c1-2-26-7-9-27(10-8-26)14-16-5-3-15(4-6-16)13-25-21(28)17-11-19(23)20(24)12-18(17)22/h3-6,11-12H,2,7-10,13-14H2,1H3,(H,25,28). The van der Waals surface area contributed by atoms with E-state index in [1.807, 2.05) is 12.1 Å². The monoisotopic (exact) mass is 407 g/mol. The van der Waals surface area contributed by atoms with Gasteiger partial charge in [0.05, 0.1) is 10.6 Å². The van der Waals surface area contributed by atoms with Gasteiger partial charge in [-0.15, -0.1) is 0 Å². The highest BCUT2D eigenvalue weighted by molar-refractivity contribution is 6.33. The Morgan fingerprint density at radius 2 is 1.57 bits per heavy atom. The van der Waals surface area contributed by atoms with Crippen LogP contribution in [0.3, 0.4) is 0 Å². The first-order chi connectivity index (χ1) is 13.5. The fourth-order valence-corrected chi connectivity index (χ4v) is 3.49. The number of halogens is 3. The number of hydrogen-bond donors (Lipinski definition) is 1. The molecule has 0 spiro atoms. The van der Waals surface area contributed by atoms with Crippen molar-refractivity contribution in [3.8, 4) is 0 Å². The Kier molecular flexibility index (Phi) is 6.99. The molecular formula is C21H24ClF2N3O. The van der Waals surface area contributed by atoms with Crippen LogP contribution >= 0.6 is 11.6 Å². The topological polar surface area (TPSA) is 35.6 Å². The minimum absolute atomic E-state index is 0.0802. The van der Waals surface area contributed by atoms with Crippen LogP contribution in [0.5, 0.6) is 0 Å². The van der Waals surface area contributed by atoms with Gasteiger partial charge in [0, 0.05) is 39.3 Å². The lowest BCUT2D eigenvalue weighted by molar-refractivity contribution is 0.0950. The van der Waals surface area contributed by atoms with Crippen LogP contribution in [-0.2, 0) is 13.1 Å². The highest BCUT2D eigenvalue weighted by Crippen LogP contribution is 2.20. The Morgan fingerprint density at radius 1 is 1.00 bits per heavy atom. The third kappa shape index (κ3) is 5.28. The van der Waals surface area contributed by atoms with Crippen LogP contribution in [-0.4, -0.2) is 48.4 Å². The van der Waals surface area contributed by atoms with Gasteiger partial charge in [0.1, 0.15) is 0 Å². The van der Waals surface area contributed by atoms with Crippen LogP contribution in [0.4, 0.5) is 8.78 Å². The molecule has 0 radical (unpaired) electrons. The second kappa shape index (κ2) is 9.45. The fraction of sp³-hybridized carbons (Fsp3) is 0.381. The van der Waals surface area contributed by atoms with E-state index >= 15 is 0 Å². The van der Waals surface area contributed by atoms with Gasteiger partial charge in [0.2, 0.25) is 0 Å². The van der Waals surface area contributed by atoms with Crippen molar-refractivity contribution < 1.29 is 13.6 Å². The molecule has 150 valence electrons. The normalized spacial score (nSPS) is 15.6. The molecule has 2 aromatic carbocycles. The average Bonchev–Trinajstić information content (AvgIpc) is 2.70. The van der Waals surface area contributed by atoms with Crippen molar-refractivity contribution in [3.63, 3.8) is 0 Å².